The maximum atomic E-state index is 14.9. The molecule has 6 rings (SSSR count). The molecule has 0 N–H and O–H groups in total. The maximum absolute atomic E-state index is 14.9. The topological polar surface area (TPSA) is 124 Å². The SMILES string of the molecule is CS(=O)(=O)c1cc(F)c2c(c1)CCN2c1cc(OC2CCN(c3nc([C@H]4CCCO4)no3)CC2)ncn1. The van der Waals surface area contributed by atoms with Crippen molar-refractivity contribution in [3.05, 3.63) is 41.7 Å². The lowest BCUT2D eigenvalue weighted by atomic mass is 10.1. The van der Waals surface area contributed by atoms with E-state index in [1.807, 2.05) is 4.90 Å². The fraction of sp³-hybridized carbons (Fsp3) is 0.500. The highest BCUT2D eigenvalue weighted by Gasteiger charge is 2.30. The smallest absolute Gasteiger partial charge is 0.324 e. The maximum Gasteiger partial charge on any atom is 0.324 e. The van der Waals surface area contributed by atoms with E-state index < -0.39 is 15.7 Å². The molecule has 13 heteroatoms. The number of nitrogens with zero attached hydrogens (tertiary/aromatic N) is 6. The lowest BCUT2D eigenvalue weighted by Gasteiger charge is -2.30. The molecule has 1 aromatic carbocycles. The van der Waals surface area contributed by atoms with Crippen molar-refractivity contribution in [2.45, 2.75) is 49.2 Å². The van der Waals surface area contributed by atoms with Crippen molar-refractivity contribution < 1.29 is 26.8 Å². The minimum absolute atomic E-state index is 0.0210. The quantitative estimate of drug-likeness (QED) is 0.467. The third-order valence-electron chi connectivity index (χ3n) is 6.97. The average Bonchev–Trinajstić information content (AvgIpc) is 3.65. The van der Waals surface area contributed by atoms with Crippen molar-refractivity contribution in [1.29, 1.82) is 0 Å². The number of benzene rings is 1. The van der Waals surface area contributed by atoms with Crippen LogP contribution >= 0.6 is 0 Å². The van der Waals surface area contributed by atoms with E-state index in [0.29, 0.717) is 60.8 Å². The predicted octanol–water partition coefficient (Wildman–Crippen LogP) is 3.00. The summed E-state index contributed by atoms with van der Waals surface area (Å²) in [6.07, 6.45) is 6.24. The number of halogens is 1. The van der Waals surface area contributed by atoms with E-state index in [9.17, 15) is 12.8 Å². The summed E-state index contributed by atoms with van der Waals surface area (Å²) in [6.45, 7) is 2.60. The van der Waals surface area contributed by atoms with E-state index in [0.717, 1.165) is 44.6 Å². The van der Waals surface area contributed by atoms with E-state index in [4.69, 9.17) is 14.0 Å². The number of ether oxygens (including phenoxy) is 2. The largest absolute Gasteiger partial charge is 0.474 e. The number of piperidine rings is 1. The van der Waals surface area contributed by atoms with Gasteiger partial charge in [-0.15, -0.1) is 0 Å². The van der Waals surface area contributed by atoms with Crippen LogP contribution in [0.25, 0.3) is 0 Å². The van der Waals surface area contributed by atoms with Gasteiger partial charge >= 0.3 is 6.01 Å². The van der Waals surface area contributed by atoms with Crippen LogP contribution < -0.4 is 14.5 Å². The van der Waals surface area contributed by atoms with Gasteiger partial charge < -0.3 is 23.8 Å². The van der Waals surface area contributed by atoms with Gasteiger partial charge in [0.2, 0.25) is 11.7 Å². The number of aromatic nitrogens is 4. The Hall–Kier alpha value is -3.32. The third-order valence-corrected chi connectivity index (χ3v) is 8.06. The van der Waals surface area contributed by atoms with Gasteiger partial charge in [0, 0.05) is 51.4 Å². The molecular formula is C24H27FN6O5S. The molecule has 37 heavy (non-hydrogen) atoms. The second kappa shape index (κ2) is 9.53. The molecule has 0 radical (unpaired) electrons. The van der Waals surface area contributed by atoms with Crippen LogP contribution in [0.3, 0.4) is 0 Å². The molecule has 1 atom stereocenters. The van der Waals surface area contributed by atoms with Gasteiger partial charge in [-0.05, 0) is 37.0 Å². The molecule has 5 heterocycles. The Labute approximate surface area is 213 Å². The van der Waals surface area contributed by atoms with Crippen LogP contribution in [0.1, 0.15) is 43.2 Å². The van der Waals surface area contributed by atoms with E-state index in [-0.39, 0.29) is 17.1 Å². The first-order chi connectivity index (χ1) is 17.8. The van der Waals surface area contributed by atoms with Crippen LogP contribution in [-0.4, -0.2) is 67.1 Å². The first kappa shape index (κ1) is 24.0. The van der Waals surface area contributed by atoms with Crippen LogP contribution in [0.15, 0.2) is 33.9 Å². The third kappa shape index (κ3) is 4.85. The zero-order valence-corrected chi connectivity index (χ0v) is 21.2. The summed E-state index contributed by atoms with van der Waals surface area (Å²) in [5.41, 5.74) is 0.977. The predicted molar refractivity (Wildman–Crippen MR) is 130 cm³/mol. The second-order valence-electron chi connectivity index (χ2n) is 9.54. The second-order valence-corrected chi connectivity index (χ2v) is 11.6. The van der Waals surface area contributed by atoms with E-state index in [1.165, 1.54) is 12.4 Å². The molecule has 0 amide bonds. The highest BCUT2D eigenvalue weighted by Crippen LogP contribution is 2.38. The van der Waals surface area contributed by atoms with Crippen LogP contribution in [0.2, 0.25) is 0 Å². The lowest BCUT2D eigenvalue weighted by molar-refractivity contribution is 0.103. The number of rotatable bonds is 6. The molecule has 3 aromatic rings. The molecule has 3 aliphatic rings. The van der Waals surface area contributed by atoms with Crippen molar-refractivity contribution in [3.63, 3.8) is 0 Å². The Bertz CT molecular complexity index is 1400. The Morgan fingerprint density at radius 1 is 1.11 bits per heavy atom. The van der Waals surface area contributed by atoms with Crippen molar-refractivity contribution in [1.82, 2.24) is 20.1 Å². The Morgan fingerprint density at radius 3 is 2.70 bits per heavy atom. The van der Waals surface area contributed by atoms with Crippen LogP contribution in [0.4, 0.5) is 21.9 Å². The van der Waals surface area contributed by atoms with E-state index in [1.54, 1.807) is 11.0 Å². The molecule has 0 bridgehead atoms. The first-order valence-corrected chi connectivity index (χ1v) is 14.2. The zero-order chi connectivity index (χ0) is 25.6. The number of hydrogen-bond donors (Lipinski definition) is 0. The number of sulfone groups is 1. The van der Waals surface area contributed by atoms with Crippen molar-refractivity contribution in [2.24, 2.45) is 0 Å². The summed E-state index contributed by atoms with van der Waals surface area (Å²) in [7, 11) is -3.50. The molecule has 0 saturated carbocycles. The number of fused-ring (bicyclic) bond motifs is 1. The van der Waals surface area contributed by atoms with Gasteiger partial charge in [0.1, 0.15) is 30.2 Å². The monoisotopic (exact) mass is 530 g/mol. The average molecular weight is 531 g/mol. The highest BCUT2D eigenvalue weighted by molar-refractivity contribution is 7.90. The van der Waals surface area contributed by atoms with E-state index in [2.05, 4.69) is 20.1 Å². The van der Waals surface area contributed by atoms with E-state index >= 15 is 0 Å². The molecule has 11 nitrogen and oxygen atoms in total. The molecule has 2 aromatic heterocycles. The molecule has 0 spiro atoms. The fourth-order valence-corrected chi connectivity index (χ4v) is 5.73. The Kier molecular flexibility index (Phi) is 6.19. The Morgan fingerprint density at radius 2 is 1.95 bits per heavy atom. The van der Waals surface area contributed by atoms with Gasteiger partial charge in [-0.2, -0.15) is 4.98 Å². The van der Waals surface area contributed by atoms with Gasteiger partial charge in [0.25, 0.3) is 0 Å². The van der Waals surface area contributed by atoms with Crippen LogP contribution in [0.5, 0.6) is 5.88 Å². The minimum atomic E-state index is -3.50. The van der Waals surface area contributed by atoms with Crippen molar-refractivity contribution in [3.8, 4) is 5.88 Å². The highest BCUT2D eigenvalue weighted by atomic mass is 32.2. The van der Waals surface area contributed by atoms with Gasteiger partial charge in [-0.3, -0.25) is 0 Å². The number of anilines is 3. The summed E-state index contributed by atoms with van der Waals surface area (Å²) in [6, 6.07) is 4.79. The van der Waals surface area contributed by atoms with Crippen molar-refractivity contribution in [2.75, 3.05) is 42.3 Å². The summed E-state index contributed by atoms with van der Waals surface area (Å²) >= 11 is 0. The van der Waals surface area contributed by atoms with Crippen LogP contribution in [0, 0.1) is 5.82 Å². The zero-order valence-electron chi connectivity index (χ0n) is 20.3. The van der Waals surface area contributed by atoms with Gasteiger partial charge in [-0.1, -0.05) is 5.16 Å². The van der Waals surface area contributed by atoms with Gasteiger partial charge in [0.15, 0.2) is 9.84 Å². The lowest BCUT2D eigenvalue weighted by Crippen LogP contribution is -2.38. The molecule has 2 saturated heterocycles. The Balaban J connectivity index is 1.11. The molecule has 0 unspecified atom stereocenters. The summed E-state index contributed by atoms with van der Waals surface area (Å²) < 4.78 is 56.0. The normalized spacial score (nSPS) is 20.4. The van der Waals surface area contributed by atoms with Crippen molar-refractivity contribution >= 4 is 27.4 Å². The standard InChI is InChI=1S/C24H27FN6O5S/c1-37(32,33)17-11-15-4-9-31(22(15)18(25)12-17)20-13-21(27-14-26-20)35-16-5-7-30(8-6-16)24-28-23(29-36-24)19-3-2-10-34-19/h11-14,16,19H,2-10H2,1H3/t19-/m1/s1. The van der Waals surface area contributed by atoms with Gasteiger partial charge in [0.05, 0.1) is 10.6 Å². The molecular weight excluding hydrogens is 503 g/mol. The minimum Gasteiger partial charge on any atom is -0.474 e. The molecule has 196 valence electrons. The summed E-state index contributed by atoms with van der Waals surface area (Å²) in [5.74, 6) is 0.919. The molecule has 3 aliphatic heterocycles. The summed E-state index contributed by atoms with van der Waals surface area (Å²) in [4.78, 5) is 16.8. The fourth-order valence-electron chi connectivity index (χ4n) is 5.05. The first-order valence-electron chi connectivity index (χ1n) is 12.3. The van der Waals surface area contributed by atoms with Crippen LogP contribution in [-0.2, 0) is 21.0 Å². The number of hydrogen-bond acceptors (Lipinski definition) is 11. The summed E-state index contributed by atoms with van der Waals surface area (Å²) in [5, 5.41) is 4.08. The van der Waals surface area contributed by atoms with Gasteiger partial charge in [-0.25, -0.2) is 22.8 Å². The molecule has 2 fully saturated rings. The molecule has 0 aliphatic carbocycles.